The second kappa shape index (κ2) is 7.24. The second-order valence-corrected chi connectivity index (χ2v) is 9.09. The smallest absolute Gasteiger partial charge is 0.198 e. The molecule has 0 saturated carbocycles. The van der Waals surface area contributed by atoms with Crippen LogP contribution in [0, 0.1) is 0 Å². The van der Waals surface area contributed by atoms with Crippen LogP contribution >= 0.6 is 0 Å². The Bertz CT molecular complexity index is 848. The maximum Gasteiger partial charge on any atom is 0.198 e. The van der Waals surface area contributed by atoms with Crippen LogP contribution in [0.15, 0.2) is 53.4 Å². The van der Waals surface area contributed by atoms with Crippen LogP contribution in [0.2, 0.25) is 0 Å². The van der Waals surface area contributed by atoms with Gasteiger partial charge in [-0.3, -0.25) is 4.90 Å². The monoisotopic (exact) mass is 387 g/mol. The number of rotatable bonds is 3. The Morgan fingerprint density at radius 3 is 2.56 bits per heavy atom. The molecule has 1 spiro atoms. The highest BCUT2D eigenvalue weighted by Gasteiger charge is 2.41. The molecule has 0 bridgehead atoms. The van der Waals surface area contributed by atoms with Gasteiger partial charge < -0.3 is 14.6 Å². The first kappa shape index (κ1) is 18.4. The highest BCUT2D eigenvalue weighted by molar-refractivity contribution is 7.96. The molecular formula is C20H25N3O3S. The second-order valence-electron chi connectivity index (χ2n) is 7.35. The summed E-state index contributed by atoms with van der Waals surface area (Å²) in [5, 5.41) is 3.55. The Labute approximate surface area is 161 Å². The van der Waals surface area contributed by atoms with Crippen molar-refractivity contribution in [2.24, 2.45) is 0 Å². The van der Waals surface area contributed by atoms with E-state index in [2.05, 4.69) is 27.1 Å². The lowest BCUT2D eigenvalue weighted by molar-refractivity contribution is 0.168. The standard InChI is InChI=1S/C20H25N3O3S/c1-26-17-8-6-16(7-9-17)14-23-12-10-20(11-13-23)15-21-27(24,25)19-5-3-2-4-18(19)22-20/h2-9,22H,10-15H2,1H3,(H-,21,24,25). The van der Waals surface area contributed by atoms with E-state index < -0.39 is 10.4 Å². The summed E-state index contributed by atoms with van der Waals surface area (Å²) in [7, 11) is -1.79. The highest BCUT2D eigenvalue weighted by Crippen LogP contribution is 2.35. The van der Waals surface area contributed by atoms with Crippen molar-refractivity contribution in [2.75, 3.05) is 32.1 Å². The van der Waals surface area contributed by atoms with E-state index in [1.807, 2.05) is 24.3 Å². The quantitative estimate of drug-likeness (QED) is 0.792. The molecule has 0 aliphatic carbocycles. The zero-order valence-electron chi connectivity index (χ0n) is 15.4. The molecule has 1 unspecified atom stereocenters. The number of fused-ring (bicyclic) bond motifs is 1. The van der Waals surface area contributed by atoms with E-state index in [0.717, 1.165) is 38.2 Å². The predicted molar refractivity (Wildman–Crippen MR) is 105 cm³/mol. The number of hydrogen-bond donors (Lipinski definition) is 2. The van der Waals surface area contributed by atoms with E-state index in [-0.39, 0.29) is 5.54 Å². The van der Waals surface area contributed by atoms with Gasteiger partial charge in [-0.2, -0.15) is 0 Å². The van der Waals surface area contributed by atoms with Gasteiger partial charge in [0, 0.05) is 19.6 Å². The maximum atomic E-state index is 12.5. The Kier molecular flexibility index (Phi) is 4.94. The van der Waals surface area contributed by atoms with Crippen molar-refractivity contribution in [2.45, 2.75) is 29.8 Å². The molecule has 27 heavy (non-hydrogen) atoms. The first-order valence-corrected chi connectivity index (χ1v) is 10.7. The molecule has 7 heteroatoms. The van der Waals surface area contributed by atoms with Crippen LogP contribution in [0.3, 0.4) is 0 Å². The number of para-hydroxylation sites is 1. The van der Waals surface area contributed by atoms with Gasteiger partial charge in [0.05, 0.1) is 24.9 Å². The molecule has 2 N–H and O–H groups in total. The van der Waals surface area contributed by atoms with Gasteiger partial charge in [0.15, 0.2) is 15.3 Å². The fraction of sp³-hybridized carbons (Fsp3) is 0.400. The number of anilines is 1. The van der Waals surface area contributed by atoms with Gasteiger partial charge >= 0.3 is 0 Å². The van der Waals surface area contributed by atoms with Crippen molar-refractivity contribution in [3.05, 3.63) is 54.1 Å². The fourth-order valence-corrected chi connectivity index (χ4v) is 5.16. The van der Waals surface area contributed by atoms with Crippen molar-refractivity contribution in [1.82, 2.24) is 9.62 Å². The van der Waals surface area contributed by atoms with Crippen molar-refractivity contribution in [3.63, 3.8) is 0 Å². The average Bonchev–Trinajstić information content (AvgIpc) is 2.79. The molecule has 0 radical (unpaired) electrons. The Hall–Kier alpha value is -1.93. The molecule has 2 aromatic rings. The summed E-state index contributed by atoms with van der Waals surface area (Å²) in [5.74, 6) is 0.866. The van der Waals surface area contributed by atoms with Crippen LogP contribution in [0.4, 0.5) is 5.69 Å². The lowest BCUT2D eigenvalue weighted by Gasteiger charge is -2.41. The fourth-order valence-electron chi connectivity index (χ4n) is 3.88. The van der Waals surface area contributed by atoms with Crippen molar-refractivity contribution >= 4 is 16.1 Å². The number of nitrogens with one attached hydrogen (secondary N) is 2. The van der Waals surface area contributed by atoms with Crippen LogP contribution in [-0.2, 0) is 21.2 Å². The van der Waals surface area contributed by atoms with Crippen molar-refractivity contribution < 1.29 is 13.5 Å². The number of methoxy groups -OCH3 is 1. The highest BCUT2D eigenvalue weighted by atomic mass is 32.3. The summed E-state index contributed by atoms with van der Waals surface area (Å²) in [5.41, 5.74) is 1.72. The van der Waals surface area contributed by atoms with Crippen LogP contribution in [0.1, 0.15) is 18.4 Å². The summed E-state index contributed by atoms with van der Waals surface area (Å²) in [6.07, 6.45) is 1.78. The number of piperidine rings is 1. The third-order valence-electron chi connectivity index (χ3n) is 5.56. The van der Waals surface area contributed by atoms with E-state index in [1.165, 1.54) is 5.56 Å². The third kappa shape index (κ3) is 3.87. The van der Waals surface area contributed by atoms with Gasteiger partial charge in [0.1, 0.15) is 5.75 Å². The minimum Gasteiger partial charge on any atom is -0.593 e. The van der Waals surface area contributed by atoms with Crippen molar-refractivity contribution in [1.29, 1.82) is 0 Å². The maximum absolute atomic E-state index is 12.5. The van der Waals surface area contributed by atoms with Gasteiger partial charge in [-0.1, -0.05) is 28.5 Å². The molecule has 0 amide bonds. The van der Waals surface area contributed by atoms with E-state index in [9.17, 15) is 8.76 Å². The predicted octanol–water partition coefficient (Wildman–Crippen LogP) is 2.65. The van der Waals surface area contributed by atoms with Crippen LogP contribution in [0.25, 0.3) is 0 Å². The zero-order valence-corrected chi connectivity index (χ0v) is 16.3. The lowest BCUT2D eigenvalue weighted by Crippen LogP contribution is -2.54. The minimum absolute atomic E-state index is 0.240. The Balaban J connectivity index is 1.44. The number of nitrogens with zero attached hydrogens (tertiary/aromatic N) is 1. The van der Waals surface area contributed by atoms with E-state index >= 15 is 0 Å². The van der Waals surface area contributed by atoms with E-state index in [1.54, 1.807) is 19.2 Å². The molecule has 0 aromatic heterocycles. The normalized spacial score (nSPS) is 24.7. The average molecular weight is 388 g/mol. The molecule has 6 nitrogen and oxygen atoms in total. The summed E-state index contributed by atoms with van der Waals surface area (Å²) in [6, 6.07) is 15.3. The van der Waals surface area contributed by atoms with Crippen LogP contribution in [0.5, 0.6) is 5.75 Å². The summed E-state index contributed by atoms with van der Waals surface area (Å²) < 4.78 is 33.0. The van der Waals surface area contributed by atoms with Gasteiger partial charge in [0.25, 0.3) is 0 Å². The van der Waals surface area contributed by atoms with Gasteiger partial charge in [-0.25, -0.2) is 0 Å². The molecule has 2 aliphatic rings. The molecule has 144 valence electrons. The van der Waals surface area contributed by atoms with Gasteiger partial charge in [-0.15, -0.1) is 4.72 Å². The molecular weight excluding hydrogens is 362 g/mol. The molecule has 1 fully saturated rings. The Morgan fingerprint density at radius 2 is 1.85 bits per heavy atom. The van der Waals surface area contributed by atoms with Crippen molar-refractivity contribution in [3.8, 4) is 5.75 Å². The Morgan fingerprint density at radius 1 is 1.15 bits per heavy atom. The molecule has 4 rings (SSSR count). The lowest BCUT2D eigenvalue weighted by atomic mass is 9.87. The number of ether oxygens (including phenoxy) is 1. The largest absolute Gasteiger partial charge is 0.593 e. The first-order chi connectivity index (χ1) is 13.0. The summed E-state index contributed by atoms with van der Waals surface area (Å²) in [6.45, 7) is 3.15. The number of benzene rings is 2. The van der Waals surface area contributed by atoms with Crippen LogP contribution in [-0.4, -0.2) is 41.7 Å². The summed E-state index contributed by atoms with van der Waals surface area (Å²) in [4.78, 5) is 2.75. The molecule has 2 aromatic carbocycles. The SMILES string of the molecule is COc1ccc(CN2CCC3(CC2)CN[S+](=O)([O-])c2ccccc2N3)cc1. The van der Waals surface area contributed by atoms with Gasteiger partial charge in [-0.05, 0) is 42.7 Å². The topological polar surface area (TPSA) is 76.7 Å². The van der Waals surface area contributed by atoms with Crippen LogP contribution < -0.4 is 14.8 Å². The number of sulfonamides is 1. The number of likely N-dealkylation sites (tertiary alicyclic amines) is 1. The molecule has 1 saturated heterocycles. The minimum atomic E-state index is -3.46. The van der Waals surface area contributed by atoms with Gasteiger partial charge in [0.2, 0.25) is 0 Å². The van der Waals surface area contributed by atoms with E-state index in [0.29, 0.717) is 17.1 Å². The third-order valence-corrected chi connectivity index (χ3v) is 7.01. The summed E-state index contributed by atoms with van der Waals surface area (Å²) >= 11 is 0. The first-order valence-electron chi connectivity index (χ1n) is 9.22. The van der Waals surface area contributed by atoms with E-state index in [4.69, 9.17) is 4.74 Å². The number of hydrogen-bond acceptors (Lipinski definition) is 5. The molecule has 2 aliphatic heterocycles. The zero-order chi connectivity index (χ0) is 18.9. The molecule has 2 heterocycles. The molecule has 1 atom stereocenters.